The van der Waals surface area contributed by atoms with Crippen LogP contribution in [-0.2, 0) is 25.6 Å². The van der Waals surface area contributed by atoms with E-state index in [9.17, 15) is 9.59 Å². The fourth-order valence-electron chi connectivity index (χ4n) is 2.11. The molecule has 1 atom stereocenters. The Balaban J connectivity index is 1.80. The highest BCUT2D eigenvalue weighted by Crippen LogP contribution is 2.19. The van der Waals surface area contributed by atoms with E-state index in [1.165, 1.54) is 0 Å². The van der Waals surface area contributed by atoms with Crippen LogP contribution in [0.25, 0.3) is 6.08 Å². The predicted molar refractivity (Wildman–Crippen MR) is 89.8 cm³/mol. The Hall–Kier alpha value is -2.82. The average molecular weight is 328 g/mol. The first kappa shape index (κ1) is 17.5. The minimum absolute atomic E-state index is 0.219. The van der Waals surface area contributed by atoms with E-state index in [1.807, 2.05) is 24.3 Å². The average Bonchev–Trinajstić information content (AvgIpc) is 2.61. The summed E-state index contributed by atoms with van der Waals surface area (Å²) in [6, 6.07) is 7.62. The van der Waals surface area contributed by atoms with Crippen molar-refractivity contribution in [3.05, 3.63) is 66.0 Å². The number of allylic oxidation sites excluding steroid dienone is 2. The SMILES string of the molecule is C=Cc1ccc(COC(=O)C2C=CC(OC(=O)OCC)=CC2)cc1. The van der Waals surface area contributed by atoms with Gasteiger partial charge in [-0.25, -0.2) is 4.79 Å². The number of esters is 1. The van der Waals surface area contributed by atoms with Crippen molar-refractivity contribution < 1.29 is 23.8 Å². The van der Waals surface area contributed by atoms with Gasteiger partial charge in [-0.2, -0.15) is 0 Å². The molecule has 0 aliphatic heterocycles. The summed E-state index contributed by atoms with van der Waals surface area (Å²) in [5.74, 6) is -0.324. The Labute approximate surface area is 141 Å². The Morgan fingerprint density at radius 2 is 2.00 bits per heavy atom. The summed E-state index contributed by atoms with van der Waals surface area (Å²) in [6.07, 6.45) is 6.33. The summed E-state index contributed by atoms with van der Waals surface area (Å²) in [6.45, 7) is 5.86. The maximum atomic E-state index is 12.1. The van der Waals surface area contributed by atoms with Crippen LogP contribution in [0.1, 0.15) is 24.5 Å². The van der Waals surface area contributed by atoms with Crippen molar-refractivity contribution in [2.75, 3.05) is 6.61 Å². The van der Waals surface area contributed by atoms with Gasteiger partial charge in [-0.15, -0.1) is 0 Å². The Kier molecular flexibility index (Phi) is 6.37. The Morgan fingerprint density at radius 1 is 1.25 bits per heavy atom. The molecule has 0 saturated carbocycles. The van der Waals surface area contributed by atoms with Gasteiger partial charge in [-0.1, -0.05) is 43.0 Å². The first-order chi connectivity index (χ1) is 11.6. The first-order valence-corrected chi connectivity index (χ1v) is 7.73. The Morgan fingerprint density at radius 3 is 2.58 bits per heavy atom. The molecule has 0 radical (unpaired) electrons. The minimum atomic E-state index is -0.752. The molecule has 24 heavy (non-hydrogen) atoms. The van der Waals surface area contributed by atoms with Crippen LogP contribution in [0.15, 0.2) is 54.8 Å². The van der Waals surface area contributed by atoms with Crippen LogP contribution in [0.3, 0.4) is 0 Å². The van der Waals surface area contributed by atoms with Crippen molar-refractivity contribution in [2.24, 2.45) is 5.92 Å². The molecular weight excluding hydrogens is 308 g/mol. The van der Waals surface area contributed by atoms with Gasteiger partial charge in [-0.05, 0) is 36.6 Å². The summed E-state index contributed by atoms with van der Waals surface area (Å²) in [7, 11) is 0. The van der Waals surface area contributed by atoms with Gasteiger partial charge in [0.1, 0.15) is 12.4 Å². The van der Waals surface area contributed by atoms with Gasteiger partial charge >= 0.3 is 12.1 Å². The maximum absolute atomic E-state index is 12.1. The molecule has 1 unspecified atom stereocenters. The highest BCUT2D eigenvalue weighted by atomic mass is 16.7. The van der Waals surface area contributed by atoms with Gasteiger partial charge in [0.05, 0.1) is 12.5 Å². The molecule has 0 amide bonds. The molecule has 1 aliphatic rings. The van der Waals surface area contributed by atoms with E-state index in [2.05, 4.69) is 11.3 Å². The van der Waals surface area contributed by atoms with Crippen molar-refractivity contribution in [2.45, 2.75) is 20.0 Å². The van der Waals surface area contributed by atoms with Crippen molar-refractivity contribution in [3.8, 4) is 0 Å². The van der Waals surface area contributed by atoms with Gasteiger partial charge in [0.2, 0.25) is 0 Å². The van der Waals surface area contributed by atoms with E-state index in [0.717, 1.165) is 11.1 Å². The number of carbonyl (C=O) groups is 2. The molecule has 0 fully saturated rings. The monoisotopic (exact) mass is 328 g/mol. The molecule has 0 aromatic heterocycles. The van der Waals surface area contributed by atoms with E-state index in [-0.39, 0.29) is 25.1 Å². The second-order valence-electron chi connectivity index (χ2n) is 5.15. The van der Waals surface area contributed by atoms with Gasteiger partial charge in [0, 0.05) is 0 Å². The number of hydrogen-bond donors (Lipinski definition) is 0. The molecular formula is C19H20O5. The lowest BCUT2D eigenvalue weighted by Gasteiger charge is -2.15. The lowest BCUT2D eigenvalue weighted by atomic mass is 10.0. The Bertz CT molecular complexity index is 655. The van der Waals surface area contributed by atoms with Gasteiger partial charge in [-0.3, -0.25) is 4.79 Å². The minimum Gasteiger partial charge on any atom is -0.460 e. The summed E-state index contributed by atoms with van der Waals surface area (Å²) >= 11 is 0. The lowest BCUT2D eigenvalue weighted by Crippen LogP contribution is -2.17. The van der Waals surface area contributed by atoms with E-state index in [4.69, 9.17) is 9.47 Å². The van der Waals surface area contributed by atoms with E-state index < -0.39 is 6.16 Å². The molecule has 2 rings (SSSR count). The zero-order valence-corrected chi connectivity index (χ0v) is 13.6. The number of hydrogen-bond acceptors (Lipinski definition) is 5. The van der Waals surface area contributed by atoms with E-state index in [0.29, 0.717) is 12.2 Å². The van der Waals surface area contributed by atoms with Gasteiger partial charge < -0.3 is 14.2 Å². The second kappa shape index (κ2) is 8.72. The molecule has 0 saturated heterocycles. The third-order valence-corrected chi connectivity index (χ3v) is 3.43. The van der Waals surface area contributed by atoms with Crippen LogP contribution in [-0.4, -0.2) is 18.7 Å². The number of ether oxygens (including phenoxy) is 3. The first-order valence-electron chi connectivity index (χ1n) is 7.73. The van der Waals surface area contributed by atoms with Crippen molar-refractivity contribution in [1.29, 1.82) is 0 Å². The highest BCUT2D eigenvalue weighted by molar-refractivity contribution is 5.75. The summed E-state index contributed by atoms with van der Waals surface area (Å²) in [5.41, 5.74) is 1.93. The number of benzene rings is 1. The highest BCUT2D eigenvalue weighted by Gasteiger charge is 2.20. The normalized spacial score (nSPS) is 16.0. The third-order valence-electron chi connectivity index (χ3n) is 3.43. The van der Waals surface area contributed by atoms with Crippen LogP contribution in [0.4, 0.5) is 4.79 Å². The van der Waals surface area contributed by atoms with Crippen molar-refractivity contribution >= 4 is 18.2 Å². The van der Waals surface area contributed by atoms with Crippen LogP contribution in [0.5, 0.6) is 0 Å². The molecule has 1 aromatic carbocycles. The molecule has 0 heterocycles. The molecule has 0 spiro atoms. The fraction of sp³-hybridized carbons (Fsp3) is 0.263. The lowest BCUT2D eigenvalue weighted by molar-refractivity contribution is -0.148. The molecule has 5 heteroatoms. The van der Waals surface area contributed by atoms with Gasteiger partial charge in [0.25, 0.3) is 0 Å². The summed E-state index contributed by atoms with van der Waals surface area (Å²) in [4.78, 5) is 23.3. The van der Waals surface area contributed by atoms with E-state index in [1.54, 1.807) is 31.2 Å². The largest absolute Gasteiger partial charge is 0.513 e. The molecule has 126 valence electrons. The number of carbonyl (C=O) groups excluding carboxylic acids is 2. The quantitative estimate of drug-likeness (QED) is 0.739. The zero-order valence-electron chi connectivity index (χ0n) is 13.6. The third kappa shape index (κ3) is 5.12. The zero-order chi connectivity index (χ0) is 17.4. The van der Waals surface area contributed by atoms with Crippen molar-refractivity contribution in [1.82, 2.24) is 0 Å². The van der Waals surface area contributed by atoms with Crippen molar-refractivity contribution in [3.63, 3.8) is 0 Å². The topological polar surface area (TPSA) is 61.8 Å². The van der Waals surface area contributed by atoms with Gasteiger partial charge in [0.15, 0.2) is 0 Å². The molecule has 5 nitrogen and oxygen atoms in total. The maximum Gasteiger partial charge on any atom is 0.513 e. The molecule has 1 aromatic rings. The van der Waals surface area contributed by atoms with Crippen LogP contribution in [0, 0.1) is 5.92 Å². The predicted octanol–water partition coefficient (Wildman–Crippen LogP) is 4.01. The van der Waals surface area contributed by atoms with Crippen LogP contribution in [0.2, 0.25) is 0 Å². The second-order valence-corrected chi connectivity index (χ2v) is 5.15. The smallest absolute Gasteiger partial charge is 0.460 e. The standard InChI is InChI=1S/C19H20O5/c1-3-14-5-7-15(8-6-14)13-23-18(20)16-9-11-17(12-10-16)24-19(21)22-4-2/h3,5-9,11-12,16H,1,4,10,13H2,2H3. The summed E-state index contributed by atoms with van der Waals surface area (Å²) < 4.78 is 15.0. The fourth-order valence-corrected chi connectivity index (χ4v) is 2.11. The summed E-state index contributed by atoms with van der Waals surface area (Å²) in [5, 5.41) is 0. The molecule has 0 bridgehead atoms. The van der Waals surface area contributed by atoms with E-state index >= 15 is 0 Å². The molecule has 1 aliphatic carbocycles. The molecule has 0 N–H and O–H groups in total. The van der Waals surface area contributed by atoms with Crippen LogP contribution >= 0.6 is 0 Å². The van der Waals surface area contributed by atoms with Crippen LogP contribution < -0.4 is 0 Å². The number of rotatable bonds is 6.